The Labute approximate surface area is 175 Å². The molecular weight excluding hydrogens is 376 g/mol. The lowest BCUT2D eigenvalue weighted by atomic mass is 10.1. The second kappa shape index (κ2) is 8.31. The Morgan fingerprint density at radius 3 is 2.38 bits per heavy atom. The van der Waals surface area contributed by atoms with Crippen LogP contribution in [0.3, 0.4) is 0 Å². The average molecular weight is 402 g/mol. The first kappa shape index (κ1) is 18.3. The highest BCUT2D eigenvalue weighted by Crippen LogP contribution is 2.37. The summed E-state index contributed by atoms with van der Waals surface area (Å²) >= 11 is 1.71. The maximum Gasteiger partial charge on any atom is 0.141 e. The number of anilines is 1. The van der Waals surface area contributed by atoms with Crippen molar-refractivity contribution in [2.24, 2.45) is 0 Å². The molecule has 4 nitrogen and oxygen atoms in total. The number of hydrogen-bond donors (Lipinski definition) is 1. The number of quaternary nitrogens is 1. The van der Waals surface area contributed by atoms with Crippen molar-refractivity contribution in [1.82, 2.24) is 9.97 Å². The largest absolute Gasteiger partial charge is 0.345 e. The molecule has 5 rings (SSSR count). The van der Waals surface area contributed by atoms with Crippen molar-refractivity contribution in [3.05, 3.63) is 77.9 Å². The topological polar surface area (TPSA) is 33.5 Å². The summed E-state index contributed by atoms with van der Waals surface area (Å²) in [7, 11) is 0. The number of aromatic nitrogens is 2. The average Bonchev–Trinajstić information content (AvgIpc) is 3.24. The van der Waals surface area contributed by atoms with Gasteiger partial charge in [0.2, 0.25) is 0 Å². The summed E-state index contributed by atoms with van der Waals surface area (Å²) in [6, 6.07) is 21.4. The highest BCUT2D eigenvalue weighted by molar-refractivity contribution is 7.17. The fourth-order valence-electron chi connectivity index (χ4n) is 4.18. The minimum Gasteiger partial charge on any atom is -0.345 e. The lowest BCUT2D eigenvalue weighted by molar-refractivity contribution is -0.900. The van der Waals surface area contributed by atoms with Crippen LogP contribution in [-0.4, -0.2) is 42.7 Å². The minimum atomic E-state index is 1.04. The van der Waals surface area contributed by atoms with Gasteiger partial charge in [-0.25, -0.2) is 9.97 Å². The number of benzene rings is 2. The first-order valence-electron chi connectivity index (χ1n) is 10.3. The standard InChI is InChI=1S/C24H24N4S/c1-3-7-19(8-4-1)11-12-27-13-15-28(16-14-27)23-22-21(20-9-5-2-6-10-20)17-29-24(22)26-18-25-23/h1-10,17-18H,11-16H2/p+1. The van der Waals surface area contributed by atoms with E-state index in [0.29, 0.717) is 0 Å². The molecule has 3 heterocycles. The van der Waals surface area contributed by atoms with Gasteiger partial charge in [0, 0.05) is 17.4 Å². The van der Waals surface area contributed by atoms with Gasteiger partial charge in [-0.15, -0.1) is 11.3 Å². The van der Waals surface area contributed by atoms with Crippen molar-refractivity contribution >= 4 is 27.4 Å². The van der Waals surface area contributed by atoms with Crippen LogP contribution in [-0.2, 0) is 6.42 Å². The fourth-order valence-corrected chi connectivity index (χ4v) is 5.09. The third-order valence-electron chi connectivity index (χ3n) is 5.82. The van der Waals surface area contributed by atoms with E-state index in [2.05, 4.69) is 75.9 Å². The van der Waals surface area contributed by atoms with E-state index in [1.54, 1.807) is 22.6 Å². The van der Waals surface area contributed by atoms with Gasteiger partial charge >= 0.3 is 0 Å². The molecule has 1 fully saturated rings. The van der Waals surface area contributed by atoms with Crippen LogP contribution in [0.15, 0.2) is 72.4 Å². The van der Waals surface area contributed by atoms with E-state index in [1.807, 2.05) is 0 Å². The van der Waals surface area contributed by atoms with E-state index in [-0.39, 0.29) is 0 Å². The van der Waals surface area contributed by atoms with Crippen molar-refractivity contribution in [3.8, 4) is 11.1 Å². The van der Waals surface area contributed by atoms with E-state index in [1.165, 1.54) is 28.6 Å². The van der Waals surface area contributed by atoms with Gasteiger partial charge in [-0.1, -0.05) is 60.7 Å². The first-order chi connectivity index (χ1) is 14.4. The van der Waals surface area contributed by atoms with E-state index in [0.717, 1.165) is 43.2 Å². The Bertz CT molecular complexity index is 1070. The quantitative estimate of drug-likeness (QED) is 0.557. The van der Waals surface area contributed by atoms with Crippen molar-refractivity contribution in [3.63, 3.8) is 0 Å². The molecule has 0 aliphatic carbocycles. The summed E-state index contributed by atoms with van der Waals surface area (Å²) in [5.41, 5.74) is 3.92. The van der Waals surface area contributed by atoms with Crippen LogP contribution in [0.25, 0.3) is 21.3 Å². The molecule has 29 heavy (non-hydrogen) atoms. The molecule has 2 aromatic carbocycles. The second-order valence-corrected chi connectivity index (χ2v) is 8.47. The van der Waals surface area contributed by atoms with Gasteiger partial charge in [-0.3, -0.25) is 0 Å². The van der Waals surface area contributed by atoms with Gasteiger partial charge in [0.05, 0.1) is 38.1 Å². The molecule has 146 valence electrons. The third-order valence-corrected chi connectivity index (χ3v) is 6.70. The van der Waals surface area contributed by atoms with Gasteiger partial charge in [-0.2, -0.15) is 0 Å². The Kier molecular flexibility index (Phi) is 5.24. The molecule has 5 heteroatoms. The van der Waals surface area contributed by atoms with Crippen LogP contribution < -0.4 is 9.80 Å². The molecule has 0 saturated carbocycles. The zero-order chi connectivity index (χ0) is 19.5. The number of nitrogens with one attached hydrogen (secondary N) is 1. The fraction of sp³-hybridized carbons (Fsp3) is 0.250. The molecular formula is C24H25N4S+. The van der Waals surface area contributed by atoms with Crippen molar-refractivity contribution in [2.45, 2.75) is 6.42 Å². The van der Waals surface area contributed by atoms with E-state index < -0.39 is 0 Å². The van der Waals surface area contributed by atoms with Gasteiger partial charge in [0.1, 0.15) is 17.0 Å². The number of rotatable bonds is 5. The number of piperazine rings is 1. The molecule has 1 aliphatic rings. The molecule has 2 aromatic heterocycles. The Morgan fingerprint density at radius 1 is 0.897 bits per heavy atom. The summed E-state index contributed by atoms with van der Waals surface area (Å²) in [6.45, 7) is 5.59. The summed E-state index contributed by atoms with van der Waals surface area (Å²) < 4.78 is 0. The van der Waals surface area contributed by atoms with Crippen molar-refractivity contribution < 1.29 is 4.90 Å². The van der Waals surface area contributed by atoms with Gasteiger partial charge in [-0.05, 0) is 11.1 Å². The number of nitrogens with zero attached hydrogens (tertiary/aromatic N) is 3. The number of thiophene rings is 1. The monoisotopic (exact) mass is 401 g/mol. The van der Waals surface area contributed by atoms with E-state index in [4.69, 9.17) is 4.98 Å². The van der Waals surface area contributed by atoms with Crippen LogP contribution in [0.4, 0.5) is 5.82 Å². The van der Waals surface area contributed by atoms with Crippen molar-refractivity contribution in [2.75, 3.05) is 37.6 Å². The van der Waals surface area contributed by atoms with Crippen LogP contribution in [0.1, 0.15) is 5.56 Å². The molecule has 1 aliphatic heterocycles. The Hall–Kier alpha value is -2.76. The van der Waals surface area contributed by atoms with Crippen LogP contribution >= 0.6 is 11.3 Å². The van der Waals surface area contributed by atoms with Crippen LogP contribution in [0, 0.1) is 0 Å². The van der Waals surface area contributed by atoms with Gasteiger partial charge in [0.25, 0.3) is 0 Å². The van der Waals surface area contributed by atoms with E-state index >= 15 is 0 Å². The highest BCUT2D eigenvalue weighted by atomic mass is 32.1. The SMILES string of the molecule is c1ccc(CC[NH+]2CCN(c3ncnc4scc(-c5ccccc5)c34)CC2)cc1. The molecule has 4 aromatic rings. The lowest BCUT2D eigenvalue weighted by Crippen LogP contribution is -3.15. The number of fused-ring (bicyclic) bond motifs is 1. The predicted molar refractivity (Wildman–Crippen MR) is 121 cm³/mol. The molecule has 0 bridgehead atoms. The normalized spacial score (nSPS) is 15.1. The molecule has 1 N–H and O–H groups in total. The molecule has 0 spiro atoms. The summed E-state index contributed by atoms with van der Waals surface area (Å²) in [5, 5.41) is 3.43. The molecule has 0 radical (unpaired) electrons. The molecule has 1 saturated heterocycles. The first-order valence-corrected chi connectivity index (χ1v) is 11.2. The maximum atomic E-state index is 4.72. The van der Waals surface area contributed by atoms with Crippen molar-refractivity contribution in [1.29, 1.82) is 0 Å². The zero-order valence-corrected chi connectivity index (χ0v) is 17.2. The zero-order valence-electron chi connectivity index (χ0n) is 16.4. The minimum absolute atomic E-state index is 1.04. The third kappa shape index (κ3) is 3.88. The Balaban J connectivity index is 1.33. The number of hydrogen-bond acceptors (Lipinski definition) is 4. The van der Waals surface area contributed by atoms with E-state index in [9.17, 15) is 0 Å². The molecule has 0 atom stereocenters. The lowest BCUT2D eigenvalue weighted by Gasteiger charge is -2.33. The summed E-state index contributed by atoms with van der Waals surface area (Å²) in [4.78, 5) is 14.5. The predicted octanol–water partition coefficient (Wildman–Crippen LogP) is 3.31. The smallest absolute Gasteiger partial charge is 0.141 e. The Morgan fingerprint density at radius 2 is 1.62 bits per heavy atom. The highest BCUT2D eigenvalue weighted by Gasteiger charge is 2.24. The van der Waals surface area contributed by atoms with Gasteiger partial charge in [0.15, 0.2) is 0 Å². The molecule has 0 unspecified atom stereocenters. The summed E-state index contributed by atoms with van der Waals surface area (Å²) in [6.07, 6.45) is 2.87. The van der Waals surface area contributed by atoms with Gasteiger partial charge < -0.3 is 9.80 Å². The van der Waals surface area contributed by atoms with Crippen LogP contribution in [0.5, 0.6) is 0 Å². The van der Waals surface area contributed by atoms with Crippen LogP contribution in [0.2, 0.25) is 0 Å². The second-order valence-electron chi connectivity index (χ2n) is 7.62. The summed E-state index contributed by atoms with van der Waals surface area (Å²) in [5.74, 6) is 1.09. The molecule has 0 amide bonds. The maximum absolute atomic E-state index is 4.72.